The van der Waals surface area contributed by atoms with Crippen LogP contribution in [0.25, 0.3) is 0 Å². The minimum absolute atomic E-state index is 0.0298. The molecule has 0 heterocycles. The highest BCUT2D eigenvalue weighted by atomic mass is 35.5. The van der Waals surface area contributed by atoms with Crippen LogP contribution in [0.5, 0.6) is 0 Å². The maximum atomic E-state index is 14.1. The molecule has 1 fully saturated rings. The van der Waals surface area contributed by atoms with Crippen LogP contribution in [0.4, 0.5) is 18.9 Å². The zero-order valence-electron chi connectivity index (χ0n) is 24.3. The molecule has 3 aromatic rings. The third-order valence-electron chi connectivity index (χ3n) is 7.68. The van der Waals surface area contributed by atoms with Gasteiger partial charge in [-0.2, -0.15) is 13.2 Å². The van der Waals surface area contributed by atoms with Gasteiger partial charge in [-0.25, -0.2) is 8.42 Å². The van der Waals surface area contributed by atoms with Crippen LogP contribution in [0, 0.1) is 0 Å². The van der Waals surface area contributed by atoms with E-state index in [1.54, 1.807) is 37.3 Å². The number of nitrogens with one attached hydrogen (secondary N) is 1. The fourth-order valence-electron chi connectivity index (χ4n) is 5.34. The molecule has 1 atom stereocenters. The van der Waals surface area contributed by atoms with Gasteiger partial charge in [0.2, 0.25) is 11.8 Å². The number of halogens is 4. The molecule has 0 spiro atoms. The molecule has 7 nitrogen and oxygen atoms in total. The summed E-state index contributed by atoms with van der Waals surface area (Å²) in [5.41, 5.74) is -0.751. The Bertz CT molecular complexity index is 1530. The number of alkyl halides is 3. The van der Waals surface area contributed by atoms with E-state index in [1.165, 1.54) is 35.2 Å². The summed E-state index contributed by atoms with van der Waals surface area (Å²) in [7, 11) is -4.50. The lowest BCUT2D eigenvalue weighted by molar-refractivity contribution is -0.140. The van der Waals surface area contributed by atoms with Crippen LogP contribution in [0.3, 0.4) is 0 Å². The Morgan fingerprint density at radius 3 is 2.23 bits per heavy atom. The molecule has 1 aliphatic carbocycles. The van der Waals surface area contributed by atoms with Gasteiger partial charge in [0.25, 0.3) is 10.0 Å². The monoisotopic (exact) mass is 649 g/mol. The molecule has 12 heteroatoms. The number of hydrogen-bond acceptors (Lipinski definition) is 4. The van der Waals surface area contributed by atoms with Gasteiger partial charge in [0.15, 0.2) is 0 Å². The predicted octanol–water partition coefficient (Wildman–Crippen LogP) is 6.81. The van der Waals surface area contributed by atoms with Crippen LogP contribution >= 0.6 is 11.6 Å². The van der Waals surface area contributed by atoms with Crippen LogP contribution in [0.15, 0.2) is 83.8 Å². The number of carbonyl (C=O) groups excluding carboxylic acids is 2. The first kappa shape index (κ1) is 33.3. The lowest BCUT2D eigenvalue weighted by atomic mass is 9.95. The smallest absolute Gasteiger partial charge is 0.352 e. The van der Waals surface area contributed by atoms with E-state index >= 15 is 0 Å². The highest BCUT2D eigenvalue weighted by Crippen LogP contribution is 2.33. The number of nitrogens with zero attached hydrogens (tertiary/aromatic N) is 2. The van der Waals surface area contributed by atoms with Gasteiger partial charge in [-0.05, 0) is 67.3 Å². The normalized spacial score (nSPS) is 14.9. The van der Waals surface area contributed by atoms with E-state index in [1.807, 2.05) is 0 Å². The third-order valence-corrected chi connectivity index (χ3v) is 9.72. The van der Waals surface area contributed by atoms with Crippen LogP contribution in [-0.4, -0.2) is 43.8 Å². The predicted molar refractivity (Wildman–Crippen MR) is 164 cm³/mol. The average Bonchev–Trinajstić information content (AvgIpc) is 3.01. The van der Waals surface area contributed by atoms with E-state index in [2.05, 4.69) is 5.32 Å². The Morgan fingerprint density at radius 1 is 0.955 bits per heavy atom. The molecular weight excluding hydrogens is 615 g/mol. The number of hydrogen-bond donors (Lipinski definition) is 1. The summed E-state index contributed by atoms with van der Waals surface area (Å²) >= 11 is 6.05. The van der Waals surface area contributed by atoms with Gasteiger partial charge >= 0.3 is 6.18 Å². The summed E-state index contributed by atoms with van der Waals surface area (Å²) < 4.78 is 69.3. The second-order valence-electron chi connectivity index (χ2n) is 10.8. The first-order valence-corrected chi connectivity index (χ1v) is 16.3. The molecule has 236 valence electrons. The number of rotatable bonds is 11. The van der Waals surface area contributed by atoms with E-state index < -0.39 is 40.3 Å². The van der Waals surface area contributed by atoms with Crippen molar-refractivity contribution in [2.75, 3.05) is 10.8 Å². The van der Waals surface area contributed by atoms with Crippen LogP contribution < -0.4 is 9.62 Å². The molecule has 4 rings (SSSR count). The second-order valence-corrected chi connectivity index (χ2v) is 13.1. The van der Waals surface area contributed by atoms with Gasteiger partial charge in [-0.15, -0.1) is 0 Å². The Labute approximate surface area is 261 Å². The lowest BCUT2D eigenvalue weighted by Crippen LogP contribution is -2.54. The lowest BCUT2D eigenvalue weighted by Gasteiger charge is -2.34. The molecule has 3 aromatic carbocycles. The number of sulfonamides is 1. The molecule has 0 bridgehead atoms. The quantitative estimate of drug-likeness (QED) is 0.247. The molecule has 0 aliphatic heterocycles. The third kappa shape index (κ3) is 8.32. The summed E-state index contributed by atoms with van der Waals surface area (Å²) in [6.45, 7) is 0.867. The molecule has 44 heavy (non-hydrogen) atoms. The van der Waals surface area contributed by atoms with Gasteiger partial charge in [-0.3, -0.25) is 13.9 Å². The van der Waals surface area contributed by atoms with Crippen molar-refractivity contribution >= 4 is 39.1 Å². The van der Waals surface area contributed by atoms with Crippen LogP contribution in [-0.2, 0) is 32.3 Å². The largest absolute Gasteiger partial charge is 0.416 e. The summed E-state index contributed by atoms with van der Waals surface area (Å²) in [4.78, 5) is 28.8. The van der Waals surface area contributed by atoms with Crippen molar-refractivity contribution in [3.63, 3.8) is 0 Å². The maximum absolute atomic E-state index is 14.1. The second kappa shape index (κ2) is 14.5. The first-order valence-electron chi connectivity index (χ1n) is 14.5. The van der Waals surface area contributed by atoms with E-state index in [-0.39, 0.29) is 35.5 Å². The van der Waals surface area contributed by atoms with Crippen molar-refractivity contribution in [1.82, 2.24) is 10.2 Å². The van der Waals surface area contributed by atoms with E-state index in [0.29, 0.717) is 21.0 Å². The van der Waals surface area contributed by atoms with Gasteiger partial charge < -0.3 is 10.2 Å². The number of benzene rings is 3. The SMILES string of the molecule is CC[C@@H](C(=O)NC1CCCCC1)N(Cc1ccc(Cl)cc1)C(=O)CN(c1cccc(C(F)(F)F)c1)S(=O)(=O)c1ccccc1. The molecule has 0 unspecified atom stereocenters. The fraction of sp³-hybridized carbons (Fsp3) is 0.375. The van der Waals surface area contributed by atoms with Crippen molar-refractivity contribution < 1.29 is 31.2 Å². The number of carbonyl (C=O) groups is 2. The molecule has 0 aromatic heterocycles. The Kier molecular flexibility index (Phi) is 11.0. The summed E-state index contributed by atoms with van der Waals surface area (Å²) in [5, 5.41) is 3.53. The highest BCUT2D eigenvalue weighted by molar-refractivity contribution is 7.92. The average molecular weight is 650 g/mol. The number of anilines is 1. The molecule has 0 saturated heterocycles. The minimum atomic E-state index is -4.74. The van der Waals surface area contributed by atoms with Gasteiger partial charge in [0.05, 0.1) is 16.1 Å². The number of amides is 2. The zero-order valence-corrected chi connectivity index (χ0v) is 25.8. The van der Waals surface area contributed by atoms with E-state index in [0.717, 1.165) is 44.2 Å². The van der Waals surface area contributed by atoms with Gasteiger partial charge in [0.1, 0.15) is 12.6 Å². The molecule has 1 saturated carbocycles. The Morgan fingerprint density at radius 2 is 1.61 bits per heavy atom. The van der Waals surface area contributed by atoms with Gasteiger partial charge in [-0.1, -0.05) is 74.2 Å². The molecular formula is C32H35ClF3N3O4S. The Hall–Kier alpha value is -3.57. The maximum Gasteiger partial charge on any atom is 0.416 e. The van der Waals surface area contributed by atoms with Crippen LogP contribution in [0.2, 0.25) is 5.02 Å². The topological polar surface area (TPSA) is 86.8 Å². The summed E-state index contributed by atoms with van der Waals surface area (Å²) in [6, 6.07) is 16.7. The molecule has 1 N–H and O–H groups in total. The van der Waals surface area contributed by atoms with E-state index in [4.69, 9.17) is 11.6 Å². The van der Waals surface area contributed by atoms with Crippen molar-refractivity contribution in [3.8, 4) is 0 Å². The van der Waals surface area contributed by atoms with Gasteiger partial charge in [0, 0.05) is 17.6 Å². The fourth-order valence-corrected chi connectivity index (χ4v) is 6.89. The van der Waals surface area contributed by atoms with Crippen molar-refractivity contribution in [3.05, 3.63) is 95.0 Å². The van der Waals surface area contributed by atoms with E-state index in [9.17, 15) is 31.2 Å². The summed E-state index contributed by atoms with van der Waals surface area (Å²) in [6.07, 6.45) is 0.195. The molecule has 0 radical (unpaired) electrons. The standard InChI is InChI=1S/C32H35ClF3N3O4S/c1-2-29(31(41)37-26-11-5-3-6-12-26)38(21-23-16-18-25(33)19-17-23)30(40)22-39(44(42,43)28-14-7-4-8-15-28)27-13-9-10-24(20-27)32(34,35)36/h4,7-10,13-20,26,29H,2-3,5-6,11-12,21-22H2,1H3,(H,37,41)/t29-/m0/s1. The molecule has 2 amide bonds. The molecule has 1 aliphatic rings. The zero-order chi connectivity index (χ0) is 31.9. The Balaban J connectivity index is 1.74. The van der Waals surface area contributed by atoms with Crippen molar-refractivity contribution in [2.24, 2.45) is 0 Å². The summed E-state index contributed by atoms with van der Waals surface area (Å²) in [5.74, 6) is -1.11. The highest BCUT2D eigenvalue weighted by Gasteiger charge is 2.36. The van der Waals surface area contributed by atoms with Crippen molar-refractivity contribution in [2.45, 2.75) is 75.1 Å². The minimum Gasteiger partial charge on any atom is -0.352 e. The first-order chi connectivity index (χ1) is 20.9. The van der Waals surface area contributed by atoms with Crippen molar-refractivity contribution in [1.29, 1.82) is 0 Å². The van der Waals surface area contributed by atoms with Crippen LogP contribution in [0.1, 0.15) is 56.6 Å².